The molecule has 2 aromatic rings. The molecule has 7 heteroatoms. The van der Waals surface area contributed by atoms with E-state index in [4.69, 9.17) is 4.74 Å². The van der Waals surface area contributed by atoms with E-state index in [2.05, 4.69) is 4.98 Å². The molecule has 0 aliphatic heterocycles. The number of aryl methyl sites for hydroxylation is 1. The number of ether oxygens (including phenoxy) is 1. The molecule has 2 rings (SSSR count). The predicted octanol–water partition coefficient (Wildman–Crippen LogP) is 2.41. The molecule has 6 nitrogen and oxygen atoms in total. The molecule has 0 N–H and O–H groups in total. The van der Waals surface area contributed by atoms with Crippen molar-refractivity contribution in [2.75, 3.05) is 26.5 Å². The monoisotopic (exact) mass is 335 g/mol. The first-order valence-corrected chi connectivity index (χ1v) is 8.46. The maximum Gasteiger partial charge on any atom is 0.338 e. The summed E-state index contributed by atoms with van der Waals surface area (Å²) in [4.78, 5) is 29.7. The Kier molecular flexibility index (Phi) is 5.65. The van der Waals surface area contributed by atoms with Crippen molar-refractivity contribution in [1.82, 2.24) is 14.5 Å². The quantitative estimate of drug-likeness (QED) is 0.599. The van der Waals surface area contributed by atoms with E-state index in [1.165, 1.54) is 11.8 Å². The third kappa shape index (κ3) is 3.85. The van der Waals surface area contributed by atoms with Gasteiger partial charge in [-0.05, 0) is 32.0 Å². The summed E-state index contributed by atoms with van der Waals surface area (Å²) in [6.07, 6.45) is 0. The molecule has 0 bridgehead atoms. The van der Waals surface area contributed by atoms with Gasteiger partial charge >= 0.3 is 5.97 Å². The van der Waals surface area contributed by atoms with Crippen molar-refractivity contribution in [2.24, 2.45) is 0 Å². The van der Waals surface area contributed by atoms with Crippen LogP contribution in [0.25, 0.3) is 11.0 Å². The van der Waals surface area contributed by atoms with E-state index < -0.39 is 0 Å². The summed E-state index contributed by atoms with van der Waals surface area (Å²) in [7, 11) is 3.47. The first kappa shape index (κ1) is 17.3. The number of aromatic nitrogens is 2. The highest BCUT2D eigenvalue weighted by Crippen LogP contribution is 2.25. The molecule has 0 saturated carbocycles. The molecule has 0 saturated heterocycles. The van der Waals surface area contributed by atoms with Crippen molar-refractivity contribution in [3.8, 4) is 0 Å². The van der Waals surface area contributed by atoms with Crippen LogP contribution in [0.15, 0.2) is 23.4 Å². The summed E-state index contributed by atoms with van der Waals surface area (Å²) >= 11 is 1.40. The lowest BCUT2D eigenvalue weighted by Crippen LogP contribution is -2.23. The zero-order valence-electron chi connectivity index (χ0n) is 13.8. The summed E-state index contributed by atoms with van der Waals surface area (Å²) in [6.45, 7) is 4.89. The first-order chi connectivity index (χ1) is 11.0. The predicted molar refractivity (Wildman–Crippen MR) is 90.8 cm³/mol. The van der Waals surface area contributed by atoms with Crippen LogP contribution in [0.1, 0.15) is 24.2 Å². The Hall–Kier alpha value is -2.02. The van der Waals surface area contributed by atoms with Crippen molar-refractivity contribution < 1.29 is 14.3 Å². The summed E-state index contributed by atoms with van der Waals surface area (Å²) in [5.74, 6) is 0.0236. The van der Waals surface area contributed by atoms with Gasteiger partial charge in [-0.15, -0.1) is 0 Å². The van der Waals surface area contributed by atoms with Crippen LogP contribution in [0.4, 0.5) is 0 Å². The highest BCUT2D eigenvalue weighted by Gasteiger charge is 2.15. The second kappa shape index (κ2) is 7.50. The molecule has 0 atom stereocenters. The van der Waals surface area contributed by atoms with Crippen LogP contribution < -0.4 is 0 Å². The molecule has 0 fully saturated rings. The average Bonchev–Trinajstić information content (AvgIpc) is 2.89. The van der Waals surface area contributed by atoms with Gasteiger partial charge in [0.05, 0.1) is 29.0 Å². The lowest BCUT2D eigenvalue weighted by Gasteiger charge is -2.10. The molecule has 0 aliphatic rings. The number of benzene rings is 1. The molecular formula is C16H21N3O3S. The lowest BCUT2D eigenvalue weighted by molar-refractivity contribution is -0.125. The van der Waals surface area contributed by atoms with E-state index in [0.717, 1.165) is 22.7 Å². The number of fused-ring (bicyclic) bond motifs is 1. The minimum Gasteiger partial charge on any atom is -0.462 e. The molecule has 124 valence electrons. The Morgan fingerprint density at radius 2 is 2.04 bits per heavy atom. The number of carbonyl (C=O) groups is 2. The zero-order valence-corrected chi connectivity index (χ0v) is 14.6. The van der Waals surface area contributed by atoms with Crippen LogP contribution in [0, 0.1) is 0 Å². The molecule has 0 aliphatic carbocycles. The van der Waals surface area contributed by atoms with Crippen molar-refractivity contribution in [3.05, 3.63) is 23.8 Å². The number of esters is 1. The molecule has 1 aromatic carbocycles. The third-order valence-electron chi connectivity index (χ3n) is 3.36. The van der Waals surface area contributed by atoms with Crippen LogP contribution in [0.3, 0.4) is 0 Å². The Labute approximate surface area is 139 Å². The number of thioether (sulfide) groups is 1. The van der Waals surface area contributed by atoms with Gasteiger partial charge in [-0.25, -0.2) is 9.78 Å². The number of hydrogen-bond donors (Lipinski definition) is 0. The zero-order chi connectivity index (χ0) is 17.0. The fraction of sp³-hybridized carbons (Fsp3) is 0.438. The Morgan fingerprint density at radius 1 is 1.30 bits per heavy atom. The molecule has 0 spiro atoms. The number of imidazole rings is 1. The van der Waals surface area contributed by atoms with Crippen LogP contribution in [0.2, 0.25) is 0 Å². The number of hydrogen-bond acceptors (Lipinski definition) is 5. The van der Waals surface area contributed by atoms with E-state index in [1.807, 2.05) is 17.6 Å². The summed E-state index contributed by atoms with van der Waals surface area (Å²) in [5, 5.41) is 0.777. The van der Waals surface area contributed by atoms with Crippen LogP contribution >= 0.6 is 11.8 Å². The second-order valence-electron chi connectivity index (χ2n) is 5.14. The van der Waals surface area contributed by atoms with E-state index >= 15 is 0 Å². The third-order valence-corrected chi connectivity index (χ3v) is 4.33. The Balaban J connectivity index is 2.31. The largest absolute Gasteiger partial charge is 0.462 e. The van der Waals surface area contributed by atoms with Crippen molar-refractivity contribution in [3.63, 3.8) is 0 Å². The summed E-state index contributed by atoms with van der Waals surface area (Å²) in [5.41, 5.74) is 2.17. The van der Waals surface area contributed by atoms with Crippen molar-refractivity contribution in [2.45, 2.75) is 25.5 Å². The van der Waals surface area contributed by atoms with Crippen LogP contribution in [-0.2, 0) is 16.1 Å². The van der Waals surface area contributed by atoms with Gasteiger partial charge in [0.2, 0.25) is 5.91 Å². The highest BCUT2D eigenvalue weighted by atomic mass is 32.2. The van der Waals surface area contributed by atoms with E-state index in [0.29, 0.717) is 17.9 Å². The Bertz CT molecular complexity index is 725. The van der Waals surface area contributed by atoms with Crippen molar-refractivity contribution in [1.29, 1.82) is 0 Å². The maximum atomic E-state index is 11.8. The van der Waals surface area contributed by atoms with Gasteiger partial charge in [-0.1, -0.05) is 11.8 Å². The van der Waals surface area contributed by atoms with Crippen LogP contribution in [-0.4, -0.2) is 52.8 Å². The number of carbonyl (C=O) groups excluding carboxylic acids is 2. The topological polar surface area (TPSA) is 64.4 Å². The van der Waals surface area contributed by atoms with Gasteiger partial charge in [0.25, 0.3) is 0 Å². The fourth-order valence-electron chi connectivity index (χ4n) is 2.12. The van der Waals surface area contributed by atoms with Gasteiger partial charge < -0.3 is 14.2 Å². The molecule has 0 radical (unpaired) electrons. The first-order valence-electron chi connectivity index (χ1n) is 7.48. The van der Waals surface area contributed by atoms with Gasteiger partial charge in [-0.3, -0.25) is 4.79 Å². The van der Waals surface area contributed by atoms with Gasteiger partial charge in [-0.2, -0.15) is 0 Å². The van der Waals surface area contributed by atoms with Gasteiger partial charge in [0.15, 0.2) is 5.16 Å². The molecule has 1 amide bonds. The normalized spacial score (nSPS) is 10.8. The molecule has 1 heterocycles. The van der Waals surface area contributed by atoms with Gasteiger partial charge in [0, 0.05) is 20.6 Å². The average molecular weight is 335 g/mol. The minimum atomic E-state index is -0.350. The summed E-state index contributed by atoms with van der Waals surface area (Å²) < 4.78 is 7.06. The van der Waals surface area contributed by atoms with E-state index in [9.17, 15) is 9.59 Å². The smallest absolute Gasteiger partial charge is 0.338 e. The Morgan fingerprint density at radius 3 is 2.65 bits per heavy atom. The fourth-order valence-corrected chi connectivity index (χ4v) is 3.18. The minimum absolute atomic E-state index is 0.0388. The van der Waals surface area contributed by atoms with Crippen molar-refractivity contribution >= 4 is 34.7 Å². The van der Waals surface area contributed by atoms with Crippen LogP contribution in [0.5, 0.6) is 0 Å². The summed E-state index contributed by atoms with van der Waals surface area (Å²) in [6, 6.07) is 5.35. The number of nitrogens with zero attached hydrogens (tertiary/aromatic N) is 3. The molecule has 1 aromatic heterocycles. The second-order valence-corrected chi connectivity index (χ2v) is 6.08. The van der Waals surface area contributed by atoms with E-state index in [1.54, 1.807) is 38.1 Å². The molecule has 0 unspecified atom stereocenters. The number of rotatable bonds is 6. The maximum absolute atomic E-state index is 11.8. The SMILES string of the molecule is CCOC(=O)c1ccc2c(c1)nc(SCC(=O)N(C)C)n2CC. The lowest BCUT2D eigenvalue weighted by atomic mass is 10.2. The van der Waals surface area contributed by atoms with E-state index in [-0.39, 0.29) is 11.9 Å². The van der Waals surface area contributed by atoms with Gasteiger partial charge in [0.1, 0.15) is 0 Å². The standard InChI is InChI=1S/C16H21N3O3S/c1-5-19-13-8-7-11(15(21)22-6-2)9-12(13)17-16(19)23-10-14(20)18(3)4/h7-9H,5-6,10H2,1-4H3. The molecular weight excluding hydrogens is 314 g/mol. The number of amides is 1. The highest BCUT2D eigenvalue weighted by molar-refractivity contribution is 7.99. The molecule has 23 heavy (non-hydrogen) atoms.